The molecular formula is C46H82N4O10. The molecule has 2 amide bonds. The van der Waals surface area contributed by atoms with Crippen molar-refractivity contribution in [3.8, 4) is 0 Å². The molecule has 1 rings (SSSR count). The number of aromatic nitrogens is 2. The minimum atomic E-state index is -0.908. The van der Waals surface area contributed by atoms with Crippen molar-refractivity contribution in [2.24, 2.45) is 11.8 Å². The molecule has 0 saturated carbocycles. The molecule has 14 nitrogen and oxygen atoms in total. The zero-order chi connectivity index (χ0) is 43.7. The maximum Gasteiger partial charge on any atom is 0.306 e. The number of nitrogens with one attached hydrogen (secondary N) is 3. The Balaban J connectivity index is 1.83. The van der Waals surface area contributed by atoms with E-state index in [9.17, 15) is 29.1 Å². The van der Waals surface area contributed by atoms with Gasteiger partial charge in [0.1, 0.15) is 24.8 Å². The molecule has 4 N–H and O–H groups in total. The quantitative estimate of drug-likeness (QED) is 0.0469. The lowest BCUT2D eigenvalue weighted by Crippen LogP contribution is -2.31. The number of carbonyl (C=O) groups excluding carboxylic acids is 4. The summed E-state index contributed by atoms with van der Waals surface area (Å²) in [6, 6.07) is 0. The van der Waals surface area contributed by atoms with E-state index in [1.54, 1.807) is 12.5 Å². The number of rotatable bonds is 45. The molecule has 1 aromatic rings. The summed E-state index contributed by atoms with van der Waals surface area (Å²) in [5, 5.41) is 15.0. The number of unbranched alkanes of at least 4 members (excludes halogenated alkanes) is 15. The number of carboxylic acid groups (broad SMARTS) is 1. The molecule has 0 aliphatic heterocycles. The number of aliphatic carboxylic acids is 1. The van der Waals surface area contributed by atoms with E-state index in [2.05, 4.69) is 27.5 Å². The highest BCUT2D eigenvalue weighted by molar-refractivity contribution is 5.81. The minimum absolute atomic E-state index is 0.0384. The van der Waals surface area contributed by atoms with Crippen LogP contribution in [0.15, 0.2) is 12.5 Å². The van der Waals surface area contributed by atoms with E-state index >= 15 is 0 Å². The minimum Gasteiger partial charge on any atom is -0.481 e. The first-order chi connectivity index (χ1) is 29.2. The standard InChI is InChI=1S/C46H82N4O10/c1-3-4-5-6-7-8-9-10-11-12-13-14-15-16-17-22-42(51)23-20-28-57-30-32-59-37-45(54)49-27-29-58-31-33-60-36-44(53)48-26-19-18-21-40(46(55)56)24-25-43(52)39(2)34-41-35-47-38-50-41/h35,38-40H,3-34,36-37H2,1-2H3,(H,47,50)(H,48,53)(H,49,54)(H,55,56)/t39-,40+/m0/s1. The summed E-state index contributed by atoms with van der Waals surface area (Å²) in [5.74, 6) is -1.89. The van der Waals surface area contributed by atoms with Crippen molar-refractivity contribution in [2.45, 2.75) is 168 Å². The average molecular weight is 851 g/mol. The first-order valence-electron chi connectivity index (χ1n) is 23.3. The normalized spacial score (nSPS) is 12.3. The van der Waals surface area contributed by atoms with Gasteiger partial charge in [-0.05, 0) is 38.5 Å². The third-order valence-corrected chi connectivity index (χ3v) is 10.6. The van der Waals surface area contributed by atoms with Crippen molar-refractivity contribution in [3.05, 3.63) is 18.2 Å². The van der Waals surface area contributed by atoms with Crippen LogP contribution < -0.4 is 10.6 Å². The molecule has 0 saturated heterocycles. The zero-order valence-electron chi connectivity index (χ0n) is 37.4. The zero-order valence-corrected chi connectivity index (χ0v) is 37.4. The van der Waals surface area contributed by atoms with Crippen molar-refractivity contribution in [2.75, 3.05) is 65.9 Å². The van der Waals surface area contributed by atoms with Gasteiger partial charge in [-0.1, -0.05) is 110 Å². The highest BCUT2D eigenvalue weighted by atomic mass is 16.5. The van der Waals surface area contributed by atoms with E-state index in [4.69, 9.17) is 18.9 Å². The third kappa shape index (κ3) is 34.5. The summed E-state index contributed by atoms with van der Waals surface area (Å²) in [5.41, 5.74) is 0.877. The topological polar surface area (TPSA) is 195 Å². The predicted molar refractivity (Wildman–Crippen MR) is 234 cm³/mol. The molecule has 0 unspecified atom stereocenters. The Morgan fingerprint density at radius 2 is 1.15 bits per heavy atom. The highest BCUT2D eigenvalue weighted by Gasteiger charge is 2.21. The largest absolute Gasteiger partial charge is 0.481 e. The van der Waals surface area contributed by atoms with Crippen LogP contribution in [0, 0.1) is 11.8 Å². The SMILES string of the molecule is CCCCCCCCCCCCCCCCCC(=O)CCCOCCOCC(=O)NCCOCCOCC(=O)NCCCC[C@H](CCC(=O)[C@@H](C)Cc1cnc[nH]1)C(=O)O. The maximum atomic E-state index is 12.5. The summed E-state index contributed by atoms with van der Waals surface area (Å²) in [7, 11) is 0. The van der Waals surface area contributed by atoms with Crippen LogP contribution in [-0.2, 0) is 49.3 Å². The number of imidazole rings is 1. The Hall–Kier alpha value is -3.20. The van der Waals surface area contributed by atoms with Crippen LogP contribution in [0.2, 0.25) is 0 Å². The molecule has 0 aliphatic rings. The summed E-state index contributed by atoms with van der Waals surface area (Å²) in [6.45, 7) is 6.58. The van der Waals surface area contributed by atoms with Crippen LogP contribution in [0.25, 0.3) is 0 Å². The highest BCUT2D eigenvalue weighted by Crippen LogP contribution is 2.19. The summed E-state index contributed by atoms with van der Waals surface area (Å²) in [6.07, 6.45) is 27.7. The lowest BCUT2D eigenvalue weighted by Gasteiger charge is -2.14. The Morgan fingerprint density at radius 3 is 1.72 bits per heavy atom. The number of hydrogen-bond donors (Lipinski definition) is 4. The Kier molecular flexibility index (Phi) is 36.5. The maximum absolute atomic E-state index is 12.5. The van der Waals surface area contributed by atoms with Gasteiger partial charge in [-0.15, -0.1) is 0 Å². The lowest BCUT2D eigenvalue weighted by molar-refractivity contribution is -0.142. The van der Waals surface area contributed by atoms with Crippen LogP contribution in [0.3, 0.4) is 0 Å². The second kappa shape index (κ2) is 39.9. The van der Waals surface area contributed by atoms with E-state index < -0.39 is 11.9 Å². The number of carbonyl (C=O) groups is 5. The molecule has 14 heteroatoms. The van der Waals surface area contributed by atoms with Crippen molar-refractivity contribution >= 4 is 29.4 Å². The van der Waals surface area contributed by atoms with Crippen LogP contribution in [0.1, 0.15) is 167 Å². The van der Waals surface area contributed by atoms with Crippen LogP contribution in [0.5, 0.6) is 0 Å². The number of Topliss-reactive ketones (excluding diaryl/α,β-unsaturated/α-hetero) is 2. The van der Waals surface area contributed by atoms with E-state index in [-0.39, 0.29) is 63.0 Å². The fourth-order valence-electron chi connectivity index (χ4n) is 6.86. The van der Waals surface area contributed by atoms with E-state index in [1.807, 2.05) is 6.92 Å². The van der Waals surface area contributed by atoms with Gasteiger partial charge >= 0.3 is 5.97 Å². The first-order valence-corrected chi connectivity index (χ1v) is 23.3. The average Bonchev–Trinajstić information content (AvgIpc) is 3.75. The predicted octanol–water partition coefficient (Wildman–Crippen LogP) is 7.72. The van der Waals surface area contributed by atoms with Gasteiger partial charge in [0.15, 0.2) is 0 Å². The second-order valence-electron chi connectivity index (χ2n) is 16.1. The molecular weight excluding hydrogens is 769 g/mol. The van der Waals surface area contributed by atoms with E-state index in [0.717, 1.165) is 18.5 Å². The number of nitrogens with zero attached hydrogens (tertiary/aromatic N) is 1. The number of ether oxygens (including phenoxy) is 4. The van der Waals surface area contributed by atoms with Crippen LogP contribution >= 0.6 is 0 Å². The molecule has 0 fully saturated rings. The third-order valence-electron chi connectivity index (χ3n) is 10.6. The molecule has 1 aromatic heterocycles. The fraction of sp³-hybridized carbons (Fsp3) is 0.826. The molecule has 0 aliphatic carbocycles. The summed E-state index contributed by atoms with van der Waals surface area (Å²) in [4.78, 5) is 67.2. The fourth-order valence-corrected chi connectivity index (χ4v) is 6.86. The van der Waals surface area contributed by atoms with Gasteiger partial charge in [0.05, 0.1) is 45.3 Å². The van der Waals surface area contributed by atoms with Crippen molar-refractivity contribution in [3.63, 3.8) is 0 Å². The molecule has 0 aromatic carbocycles. The van der Waals surface area contributed by atoms with Gasteiger partial charge in [0, 0.05) is 56.8 Å². The van der Waals surface area contributed by atoms with E-state index in [1.165, 1.54) is 83.5 Å². The summed E-state index contributed by atoms with van der Waals surface area (Å²) < 4.78 is 21.6. The van der Waals surface area contributed by atoms with Gasteiger partial charge in [-0.25, -0.2) is 4.98 Å². The second-order valence-corrected chi connectivity index (χ2v) is 16.1. The van der Waals surface area contributed by atoms with Gasteiger partial charge < -0.3 is 39.7 Å². The van der Waals surface area contributed by atoms with Gasteiger partial charge in [0.2, 0.25) is 11.8 Å². The van der Waals surface area contributed by atoms with E-state index in [0.29, 0.717) is 90.1 Å². The number of amides is 2. The smallest absolute Gasteiger partial charge is 0.306 e. The number of ketones is 2. The van der Waals surface area contributed by atoms with Gasteiger partial charge in [-0.2, -0.15) is 0 Å². The molecule has 2 atom stereocenters. The Bertz CT molecular complexity index is 1220. The number of aromatic amines is 1. The summed E-state index contributed by atoms with van der Waals surface area (Å²) >= 11 is 0. The first kappa shape index (κ1) is 54.8. The monoisotopic (exact) mass is 851 g/mol. The van der Waals surface area contributed by atoms with Gasteiger partial charge in [0.25, 0.3) is 0 Å². The molecule has 346 valence electrons. The van der Waals surface area contributed by atoms with Crippen molar-refractivity contribution in [1.82, 2.24) is 20.6 Å². The molecule has 0 bridgehead atoms. The number of hydrogen-bond acceptors (Lipinski definition) is 10. The van der Waals surface area contributed by atoms with Crippen LogP contribution in [0.4, 0.5) is 0 Å². The Morgan fingerprint density at radius 1 is 0.617 bits per heavy atom. The van der Waals surface area contributed by atoms with Crippen LogP contribution in [-0.4, -0.2) is 110 Å². The van der Waals surface area contributed by atoms with Crippen molar-refractivity contribution in [1.29, 1.82) is 0 Å². The van der Waals surface area contributed by atoms with Gasteiger partial charge in [-0.3, -0.25) is 24.0 Å². The molecule has 1 heterocycles. The lowest BCUT2D eigenvalue weighted by atomic mass is 9.91. The molecule has 0 radical (unpaired) electrons. The number of carboxylic acids is 1. The Labute approximate surface area is 361 Å². The molecule has 60 heavy (non-hydrogen) atoms. The molecule has 0 spiro atoms. The number of H-pyrrole nitrogens is 1. The van der Waals surface area contributed by atoms with Crippen molar-refractivity contribution < 1.29 is 48.0 Å².